The molecule has 0 spiro atoms. The van der Waals surface area contributed by atoms with E-state index in [1.807, 2.05) is 60.4 Å². The largest absolute Gasteiger partial charge is 0.497 e. The number of carbonyl (C=O) groups is 1. The molecule has 162 valence electrons. The molecule has 0 saturated carbocycles. The molecule has 0 aliphatic carbocycles. The third kappa shape index (κ3) is 4.01. The number of aromatic amines is 1. The van der Waals surface area contributed by atoms with Crippen LogP contribution in [0.15, 0.2) is 48.5 Å². The molecule has 31 heavy (non-hydrogen) atoms. The second kappa shape index (κ2) is 9.22. The van der Waals surface area contributed by atoms with Crippen LogP contribution in [0.5, 0.6) is 11.5 Å². The van der Waals surface area contributed by atoms with Crippen LogP contribution in [0.2, 0.25) is 0 Å². The van der Waals surface area contributed by atoms with Gasteiger partial charge >= 0.3 is 0 Å². The van der Waals surface area contributed by atoms with Crippen LogP contribution >= 0.6 is 0 Å². The summed E-state index contributed by atoms with van der Waals surface area (Å²) < 4.78 is 16.2. The maximum atomic E-state index is 13.3. The fourth-order valence-corrected chi connectivity index (χ4v) is 4.06. The SMILES string of the molecule is CCOc1cccc(C2c3c(-c4ccc(OC)cc4)n[nH]c3C(=O)N2CCCOC)c1. The molecular formula is C24H27N3O4. The van der Waals surface area contributed by atoms with Crippen LogP contribution in [-0.4, -0.2) is 55.0 Å². The van der Waals surface area contributed by atoms with E-state index in [0.29, 0.717) is 25.5 Å². The Balaban J connectivity index is 1.79. The molecular weight excluding hydrogens is 394 g/mol. The van der Waals surface area contributed by atoms with Crippen LogP contribution in [0, 0.1) is 0 Å². The number of benzene rings is 2. The number of rotatable bonds is 9. The Kier molecular flexibility index (Phi) is 6.23. The highest BCUT2D eigenvalue weighted by Gasteiger charge is 2.42. The van der Waals surface area contributed by atoms with E-state index in [1.165, 1.54) is 0 Å². The second-order valence-electron chi connectivity index (χ2n) is 7.34. The van der Waals surface area contributed by atoms with Gasteiger partial charge in [0, 0.05) is 31.4 Å². The topological polar surface area (TPSA) is 76.7 Å². The van der Waals surface area contributed by atoms with Crippen molar-refractivity contribution in [2.45, 2.75) is 19.4 Å². The van der Waals surface area contributed by atoms with E-state index < -0.39 is 0 Å². The zero-order valence-corrected chi connectivity index (χ0v) is 18.1. The monoisotopic (exact) mass is 421 g/mol. The van der Waals surface area contributed by atoms with Crippen molar-refractivity contribution in [3.8, 4) is 22.8 Å². The molecule has 0 bridgehead atoms. The lowest BCUT2D eigenvalue weighted by atomic mass is 9.96. The molecule has 2 heterocycles. The number of fused-ring (bicyclic) bond motifs is 1. The molecule has 0 radical (unpaired) electrons. The molecule has 1 aliphatic rings. The molecule has 3 aromatic rings. The lowest BCUT2D eigenvalue weighted by Gasteiger charge is -2.26. The lowest BCUT2D eigenvalue weighted by Crippen LogP contribution is -2.31. The van der Waals surface area contributed by atoms with E-state index in [2.05, 4.69) is 10.2 Å². The summed E-state index contributed by atoms with van der Waals surface area (Å²) in [7, 11) is 3.31. The highest BCUT2D eigenvalue weighted by molar-refractivity contribution is 6.00. The Bertz CT molecular complexity index is 1050. The van der Waals surface area contributed by atoms with Gasteiger partial charge in [0.05, 0.1) is 25.5 Å². The fraction of sp³-hybridized carbons (Fsp3) is 0.333. The molecule has 1 aliphatic heterocycles. The standard InChI is InChI=1S/C24H27N3O4/c1-4-31-19-8-5-7-17(15-19)23-20-21(16-9-11-18(30-3)12-10-16)25-26-22(20)24(28)27(23)13-6-14-29-2/h5,7-12,15,23H,4,6,13-14H2,1-3H3,(H,25,26). The first-order chi connectivity index (χ1) is 15.2. The summed E-state index contributed by atoms with van der Waals surface area (Å²) in [5, 5.41) is 7.50. The molecule has 2 aromatic carbocycles. The van der Waals surface area contributed by atoms with Gasteiger partial charge in [-0.15, -0.1) is 0 Å². The highest BCUT2D eigenvalue weighted by Crippen LogP contribution is 2.43. The fourth-order valence-electron chi connectivity index (χ4n) is 4.06. The molecule has 0 saturated heterocycles. The van der Waals surface area contributed by atoms with Gasteiger partial charge in [0.1, 0.15) is 17.2 Å². The van der Waals surface area contributed by atoms with Gasteiger partial charge in [-0.3, -0.25) is 9.89 Å². The number of H-pyrrole nitrogens is 1. The Morgan fingerprint density at radius 1 is 1.10 bits per heavy atom. The van der Waals surface area contributed by atoms with E-state index in [-0.39, 0.29) is 11.9 Å². The molecule has 1 N–H and O–H groups in total. The van der Waals surface area contributed by atoms with Crippen LogP contribution in [0.3, 0.4) is 0 Å². The van der Waals surface area contributed by atoms with Crippen molar-refractivity contribution < 1.29 is 19.0 Å². The Morgan fingerprint density at radius 2 is 1.90 bits per heavy atom. The first-order valence-electron chi connectivity index (χ1n) is 10.4. The minimum atomic E-state index is -0.254. The Hall–Kier alpha value is -3.32. The Labute approximate surface area is 181 Å². The number of methoxy groups -OCH3 is 2. The predicted octanol–water partition coefficient (Wildman–Crippen LogP) is 4.07. The van der Waals surface area contributed by atoms with Crippen LogP contribution in [0.4, 0.5) is 0 Å². The van der Waals surface area contributed by atoms with Crippen molar-refractivity contribution in [1.29, 1.82) is 0 Å². The predicted molar refractivity (Wildman–Crippen MR) is 118 cm³/mol. The highest BCUT2D eigenvalue weighted by atomic mass is 16.5. The van der Waals surface area contributed by atoms with Gasteiger partial charge in [0.15, 0.2) is 0 Å². The first-order valence-corrected chi connectivity index (χ1v) is 10.4. The van der Waals surface area contributed by atoms with Crippen molar-refractivity contribution >= 4 is 5.91 Å². The molecule has 1 amide bonds. The maximum absolute atomic E-state index is 13.3. The molecule has 1 unspecified atom stereocenters. The van der Waals surface area contributed by atoms with E-state index in [0.717, 1.165) is 40.3 Å². The molecule has 7 heteroatoms. The van der Waals surface area contributed by atoms with Crippen molar-refractivity contribution in [3.05, 3.63) is 65.4 Å². The van der Waals surface area contributed by atoms with E-state index >= 15 is 0 Å². The lowest BCUT2D eigenvalue weighted by molar-refractivity contribution is 0.0723. The normalized spacial score (nSPS) is 15.3. The number of aromatic nitrogens is 2. The van der Waals surface area contributed by atoms with Crippen molar-refractivity contribution in [2.24, 2.45) is 0 Å². The van der Waals surface area contributed by atoms with E-state index in [1.54, 1.807) is 14.2 Å². The van der Waals surface area contributed by atoms with Gasteiger partial charge in [0.2, 0.25) is 0 Å². The van der Waals surface area contributed by atoms with Crippen molar-refractivity contribution in [1.82, 2.24) is 15.1 Å². The average Bonchev–Trinajstić information content (AvgIpc) is 3.34. The molecule has 7 nitrogen and oxygen atoms in total. The summed E-state index contributed by atoms with van der Waals surface area (Å²) in [5.41, 5.74) is 4.12. The van der Waals surface area contributed by atoms with Gasteiger partial charge in [-0.05, 0) is 55.3 Å². The van der Waals surface area contributed by atoms with E-state index in [4.69, 9.17) is 14.2 Å². The number of nitrogens with zero attached hydrogens (tertiary/aromatic N) is 2. The minimum absolute atomic E-state index is 0.0508. The molecule has 0 fully saturated rings. The third-order valence-corrected chi connectivity index (χ3v) is 5.46. The minimum Gasteiger partial charge on any atom is -0.497 e. The van der Waals surface area contributed by atoms with Crippen LogP contribution < -0.4 is 9.47 Å². The first kappa shape index (κ1) is 20.9. The summed E-state index contributed by atoms with van der Waals surface area (Å²) in [6.07, 6.45) is 0.749. The van der Waals surface area contributed by atoms with Gasteiger partial charge in [-0.1, -0.05) is 12.1 Å². The number of hydrogen-bond acceptors (Lipinski definition) is 5. The van der Waals surface area contributed by atoms with E-state index in [9.17, 15) is 4.79 Å². The van der Waals surface area contributed by atoms with Gasteiger partial charge in [0.25, 0.3) is 5.91 Å². The quantitative estimate of drug-likeness (QED) is 0.527. The molecule has 4 rings (SSSR count). The summed E-state index contributed by atoms with van der Waals surface area (Å²) in [6, 6.07) is 15.4. The van der Waals surface area contributed by atoms with Gasteiger partial charge in [-0.25, -0.2) is 0 Å². The number of ether oxygens (including phenoxy) is 3. The number of amides is 1. The van der Waals surface area contributed by atoms with Crippen molar-refractivity contribution in [2.75, 3.05) is 34.0 Å². The summed E-state index contributed by atoms with van der Waals surface area (Å²) in [4.78, 5) is 15.2. The average molecular weight is 421 g/mol. The third-order valence-electron chi connectivity index (χ3n) is 5.46. The zero-order chi connectivity index (χ0) is 21.8. The zero-order valence-electron chi connectivity index (χ0n) is 18.1. The Morgan fingerprint density at radius 3 is 2.61 bits per heavy atom. The number of carbonyl (C=O) groups excluding carboxylic acids is 1. The summed E-state index contributed by atoms with van der Waals surface area (Å²) in [5.74, 6) is 1.51. The summed E-state index contributed by atoms with van der Waals surface area (Å²) in [6.45, 7) is 3.71. The van der Waals surface area contributed by atoms with Crippen molar-refractivity contribution in [3.63, 3.8) is 0 Å². The number of nitrogens with one attached hydrogen (secondary N) is 1. The van der Waals surface area contributed by atoms with Crippen LogP contribution in [0.25, 0.3) is 11.3 Å². The van der Waals surface area contributed by atoms with Gasteiger partial charge in [-0.2, -0.15) is 5.10 Å². The van der Waals surface area contributed by atoms with Crippen LogP contribution in [-0.2, 0) is 4.74 Å². The molecule has 1 atom stereocenters. The second-order valence-corrected chi connectivity index (χ2v) is 7.34. The summed E-state index contributed by atoms with van der Waals surface area (Å²) >= 11 is 0. The molecule has 1 aromatic heterocycles. The van der Waals surface area contributed by atoms with Crippen LogP contribution in [0.1, 0.15) is 41.0 Å². The van der Waals surface area contributed by atoms with Gasteiger partial charge < -0.3 is 19.1 Å². The smallest absolute Gasteiger partial charge is 0.273 e. The maximum Gasteiger partial charge on any atom is 0.273 e. The number of hydrogen-bond donors (Lipinski definition) is 1.